The molecule has 1 aromatic carbocycles. The van der Waals surface area contributed by atoms with Gasteiger partial charge in [-0.3, -0.25) is 4.79 Å². The smallest absolute Gasteiger partial charge is 0.246 e. The van der Waals surface area contributed by atoms with Gasteiger partial charge in [-0.1, -0.05) is 24.3 Å². The number of nitrogens with two attached hydrogens (primary N) is 1. The van der Waals surface area contributed by atoms with Gasteiger partial charge in [0.15, 0.2) is 0 Å². The minimum atomic E-state index is -0.116. The van der Waals surface area contributed by atoms with Gasteiger partial charge in [0, 0.05) is 6.54 Å². The lowest BCUT2D eigenvalue weighted by Crippen LogP contribution is -2.31. The van der Waals surface area contributed by atoms with Crippen LogP contribution in [0.15, 0.2) is 24.3 Å². The molecule has 1 rings (SSSR count). The minimum absolute atomic E-state index is 0.00910. The first-order chi connectivity index (χ1) is 8.15. The van der Waals surface area contributed by atoms with Gasteiger partial charge in [0.2, 0.25) is 5.91 Å². The van der Waals surface area contributed by atoms with E-state index in [1.165, 1.54) is 5.56 Å². The van der Waals surface area contributed by atoms with Crippen LogP contribution in [0.1, 0.15) is 24.1 Å². The Labute approximate surface area is 102 Å². The maximum atomic E-state index is 11.5. The number of amides is 1. The quantitative estimate of drug-likeness (QED) is 0.728. The van der Waals surface area contributed by atoms with Gasteiger partial charge >= 0.3 is 0 Å². The molecule has 0 radical (unpaired) electrons. The van der Waals surface area contributed by atoms with E-state index in [1.807, 2.05) is 38.1 Å². The first kappa shape index (κ1) is 13.7. The summed E-state index contributed by atoms with van der Waals surface area (Å²) in [4.78, 5) is 11.5. The molecule has 1 amide bonds. The highest BCUT2D eigenvalue weighted by molar-refractivity contribution is 5.77. The molecule has 0 aliphatic heterocycles. The molecule has 0 heterocycles. The van der Waals surface area contributed by atoms with E-state index in [4.69, 9.17) is 10.5 Å². The fourth-order valence-electron chi connectivity index (χ4n) is 1.68. The number of carbonyl (C=O) groups is 1. The lowest BCUT2D eigenvalue weighted by molar-refractivity contribution is -0.126. The van der Waals surface area contributed by atoms with Crippen molar-refractivity contribution in [3.63, 3.8) is 0 Å². The molecule has 4 nitrogen and oxygen atoms in total. The van der Waals surface area contributed by atoms with Crippen LogP contribution in [-0.4, -0.2) is 25.7 Å². The summed E-state index contributed by atoms with van der Waals surface area (Å²) in [5.41, 5.74) is 7.56. The predicted molar refractivity (Wildman–Crippen MR) is 67.6 cm³/mol. The van der Waals surface area contributed by atoms with Crippen LogP contribution in [0.2, 0.25) is 0 Å². The molecule has 1 unspecified atom stereocenters. The van der Waals surface area contributed by atoms with E-state index >= 15 is 0 Å². The van der Waals surface area contributed by atoms with Gasteiger partial charge in [0.05, 0.1) is 12.6 Å². The van der Waals surface area contributed by atoms with Crippen LogP contribution >= 0.6 is 0 Å². The summed E-state index contributed by atoms with van der Waals surface area (Å²) in [6, 6.07) is 7.99. The SMILES string of the molecule is Cc1ccccc1C(C)NC(=O)COCCN. The zero-order chi connectivity index (χ0) is 12.7. The summed E-state index contributed by atoms with van der Waals surface area (Å²) in [6.45, 7) is 4.90. The lowest BCUT2D eigenvalue weighted by Gasteiger charge is -2.16. The third kappa shape index (κ3) is 4.54. The van der Waals surface area contributed by atoms with Crippen LogP contribution in [0, 0.1) is 6.92 Å². The van der Waals surface area contributed by atoms with Crippen molar-refractivity contribution in [2.24, 2.45) is 5.73 Å². The number of hydrogen-bond acceptors (Lipinski definition) is 3. The van der Waals surface area contributed by atoms with E-state index in [0.717, 1.165) is 5.56 Å². The molecule has 0 spiro atoms. The summed E-state index contributed by atoms with van der Waals surface area (Å²) in [5, 5.41) is 2.89. The zero-order valence-corrected chi connectivity index (χ0v) is 10.4. The van der Waals surface area contributed by atoms with Crippen molar-refractivity contribution in [1.82, 2.24) is 5.32 Å². The van der Waals surface area contributed by atoms with Gasteiger partial charge in [-0.15, -0.1) is 0 Å². The molecule has 3 N–H and O–H groups in total. The third-order valence-corrected chi connectivity index (χ3v) is 2.53. The second-order valence-corrected chi connectivity index (χ2v) is 3.99. The van der Waals surface area contributed by atoms with Gasteiger partial charge in [0.1, 0.15) is 6.61 Å². The number of aryl methyl sites for hydroxylation is 1. The highest BCUT2D eigenvalue weighted by Gasteiger charge is 2.10. The Bertz CT molecular complexity index is 366. The van der Waals surface area contributed by atoms with Crippen molar-refractivity contribution >= 4 is 5.91 Å². The van der Waals surface area contributed by atoms with E-state index in [0.29, 0.717) is 13.2 Å². The van der Waals surface area contributed by atoms with E-state index in [-0.39, 0.29) is 18.6 Å². The molecule has 0 bridgehead atoms. The van der Waals surface area contributed by atoms with E-state index in [9.17, 15) is 4.79 Å². The van der Waals surface area contributed by atoms with Gasteiger partial charge in [-0.2, -0.15) is 0 Å². The van der Waals surface area contributed by atoms with Gasteiger partial charge in [0.25, 0.3) is 0 Å². The summed E-state index contributed by atoms with van der Waals surface area (Å²) < 4.78 is 5.07. The molecule has 1 atom stereocenters. The van der Waals surface area contributed by atoms with Crippen molar-refractivity contribution in [3.05, 3.63) is 35.4 Å². The Morgan fingerprint density at radius 1 is 1.47 bits per heavy atom. The lowest BCUT2D eigenvalue weighted by atomic mass is 10.0. The molecular weight excluding hydrogens is 216 g/mol. The van der Waals surface area contributed by atoms with Crippen LogP contribution in [0.25, 0.3) is 0 Å². The number of carbonyl (C=O) groups excluding carboxylic acids is 1. The molecule has 17 heavy (non-hydrogen) atoms. The number of benzene rings is 1. The van der Waals surface area contributed by atoms with Crippen molar-refractivity contribution < 1.29 is 9.53 Å². The van der Waals surface area contributed by atoms with Crippen LogP contribution < -0.4 is 11.1 Å². The van der Waals surface area contributed by atoms with Crippen LogP contribution in [-0.2, 0) is 9.53 Å². The molecule has 0 aromatic heterocycles. The fraction of sp³-hybridized carbons (Fsp3) is 0.462. The predicted octanol–water partition coefficient (Wildman–Crippen LogP) is 1.15. The summed E-state index contributed by atoms with van der Waals surface area (Å²) in [5.74, 6) is -0.116. The highest BCUT2D eigenvalue weighted by atomic mass is 16.5. The minimum Gasteiger partial charge on any atom is -0.370 e. The zero-order valence-electron chi connectivity index (χ0n) is 10.4. The van der Waals surface area contributed by atoms with E-state index in [2.05, 4.69) is 5.32 Å². The second-order valence-electron chi connectivity index (χ2n) is 3.99. The summed E-state index contributed by atoms with van der Waals surface area (Å²) >= 11 is 0. The molecule has 94 valence electrons. The molecule has 0 aliphatic rings. The average molecular weight is 236 g/mol. The van der Waals surface area contributed by atoms with Gasteiger partial charge in [-0.05, 0) is 25.0 Å². The molecular formula is C13H20N2O2. The van der Waals surface area contributed by atoms with Crippen molar-refractivity contribution in [3.8, 4) is 0 Å². The van der Waals surface area contributed by atoms with Crippen LogP contribution in [0.3, 0.4) is 0 Å². The molecule has 0 aliphatic carbocycles. The first-order valence-electron chi connectivity index (χ1n) is 5.78. The average Bonchev–Trinajstić information content (AvgIpc) is 2.29. The molecule has 4 heteroatoms. The maximum absolute atomic E-state index is 11.5. The van der Waals surface area contributed by atoms with Gasteiger partial charge in [-0.25, -0.2) is 0 Å². The van der Waals surface area contributed by atoms with Gasteiger partial charge < -0.3 is 15.8 Å². The molecule has 0 saturated carbocycles. The Kier molecular flexibility index (Phi) is 5.66. The largest absolute Gasteiger partial charge is 0.370 e. The third-order valence-electron chi connectivity index (χ3n) is 2.53. The normalized spacial score (nSPS) is 12.2. The van der Waals surface area contributed by atoms with Crippen molar-refractivity contribution in [2.45, 2.75) is 19.9 Å². The Hall–Kier alpha value is -1.39. The fourth-order valence-corrected chi connectivity index (χ4v) is 1.68. The number of ether oxygens (including phenoxy) is 1. The molecule has 0 saturated heterocycles. The second kappa shape index (κ2) is 7.04. The van der Waals surface area contributed by atoms with E-state index in [1.54, 1.807) is 0 Å². The number of rotatable bonds is 6. The first-order valence-corrected chi connectivity index (χ1v) is 5.78. The Morgan fingerprint density at radius 2 is 2.18 bits per heavy atom. The van der Waals surface area contributed by atoms with Crippen molar-refractivity contribution in [1.29, 1.82) is 0 Å². The summed E-state index contributed by atoms with van der Waals surface area (Å²) in [6.07, 6.45) is 0. The standard InChI is InChI=1S/C13H20N2O2/c1-10-5-3-4-6-12(10)11(2)15-13(16)9-17-8-7-14/h3-6,11H,7-9,14H2,1-2H3,(H,15,16). The Balaban J connectivity index is 2.46. The highest BCUT2D eigenvalue weighted by Crippen LogP contribution is 2.16. The Morgan fingerprint density at radius 3 is 2.82 bits per heavy atom. The number of hydrogen-bond donors (Lipinski definition) is 2. The summed E-state index contributed by atoms with van der Waals surface area (Å²) in [7, 11) is 0. The monoisotopic (exact) mass is 236 g/mol. The molecule has 0 fully saturated rings. The van der Waals surface area contributed by atoms with E-state index < -0.39 is 0 Å². The molecule has 1 aromatic rings. The topological polar surface area (TPSA) is 64.3 Å². The maximum Gasteiger partial charge on any atom is 0.246 e. The van der Waals surface area contributed by atoms with Crippen LogP contribution in [0.5, 0.6) is 0 Å². The van der Waals surface area contributed by atoms with Crippen molar-refractivity contribution in [2.75, 3.05) is 19.8 Å². The number of nitrogens with one attached hydrogen (secondary N) is 1. The van der Waals surface area contributed by atoms with Crippen LogP contribution in [0.4, 0.5) is 0 Å².